The Balaban J connectivity index is 1.56. The molecule has 8 heteroatoms. The molecule has 3 amide bonds. The molecule has 0 fully saturated rings. The number of ether oxygens (including phenoxy) is 1. The van der Waals surface area contributed by atoms with Crippen molar-refractivity contribution in [2.24, 2.45) is 0 Å². The number of aryl methyl sites for hydroxylation is 1. The molecule has 0 radical (unpaired) electrons. The summed E-state index contributed by atoms with van der Waals surface area (Å²) in [5.74, 6) is -2.35. The van der Waals surface area contributed by atoms with Crippen molar-refractivity contribution in [3.8, 4) is 22.6 Å². The predicted octanol–water partition coefficient (Wildman–Crippen LogP) is 7.66. The Bertz CT molecular complexity index is 1440. The molecule has 0 atom stereocenters. The van der Waals surface area contributed by atoms with Gasteiger partial charge in [-0.05, 0) is 54.8 Å². The van der Waals surface area contributed by atoms with Gasteiger partial charge in [-0.3, -0.25) is 10.1 Å². The number of carbonyl (C=O) groups is 2. The molecule has 182 valence electrons. The Morgan fingerprint density at radius 1 is 0.861 bits per heavy atom. The maximum Gasteiger partial charge on any atom is 0.326 e. The van der Waals surface area contributed by atoms with Crippen LogP contribution in [0.15, 0.2) is 78.9 Å². The van der Waals surface area contributed by atoms with Gasteiger partial charge in [0.05, 0.1) is 5.02 Å². The lowest BCUT2D eigenvalue weighted by Gasteiger charge is -2.18. The average Bonchev–Trinajstić information content (AvgIpc) is 2.85. The van der Waals surface area contributed by atoms with Crippen molar-refractivity contribution < 1.29 is 23.1 Å². The van der Waals surface area contributed by atoms with Crippen LogP contribution in [0, 0.1) is 25.5 Å². The minimum atomic E-state index is -1.21. The Morgan fingerprint density at radius 2 is 1.50 bits per heavy atom. The summed E-state index contributed by atoms with van der Waals surface area (Å²) in [6.07, 6.45) is 0. The first-order valence-electron chi connectivity index (χ1n) is 10.9. The van der Waals surface area contributed by atoms with Crippen LogP contribution in [0.25, 0.3) is 11.1 Å². The van der Waals surface area contributed by atoms with Crippen molar-refractivity contribution in [2.45, 2.75) is 13.8 Å². The van der Waals surface area contributed by atoms with Gasteiger partial charge in [0.2, 0.25) is 0 Å². The third kappa shape index (κ3) is 5.21. The van der Waals surface area contributed by atoms with Gasteiger partial charge in [-0.1, -0.05) is 66.2 Å². The van der Waals surface area contributed by atoms with Gasteiger partial charge < -0.3 is 10.1 Å². The predicted molar refractivity (Wildman–Crippen MR) is 136 cm³/mol. The van der Waals surface area contributed by atoms with Crippen molar-refractivity contribution in [2.75, 3.05) is 5.32 Å². The molecule has 0 unspecified atom stereocenters. The largest absolute Gasteiger partial charge is 0.455 e. The minimum absolute atomic E-state index is 0.264. The highest BCUT2D eigenvalue weighted by atomic mass is 35.5. The van der Waals surface area contributed by atoms with Gasteiger partial charge >= 0.3 is 6.03 Å². The van der Waals surface area contributed by atoms with Crippen LogP contribution in [0.3, 0.4) is 0 Å². The van der Waals surface area contributed by atoms with Crippen LogP contribution >= 0.6 is 11.6 Å². The van der Waals surface area contributed by atoms with E-state index < -0.39 is 29.1 Å². The summed E-state index contributed by atoms with van der Waals surface area (Å²) in [5, 5.41) is 4.70. The first-order valence-corrected chi connectivity index (χ1v) is 11.3. The van der Waals surface area contributed by atoms with E-state index in [0.717, 1.165) is 29.3 Å². The number of hydrogen-bond donors (Lipinski definition) is 2. The summed E-state index contributed by atoms with van der Waals surface area (Å²) < 4.78 is 33.9. The maximum absolute atomic E-state index is 13.8. The smallest absolute Gasteiger partial charge is 0.326 e. The Labute approximate surface area is 211 Å². The fourth-order valence-electron chi connectivity index (χ4n) is 3.66. The monoisotopic (exact) mass is 506 g/mol. The minimum Gasteiger partial charge on any atom is -0.455 e. The number of rotatable bonds is 5. The third-order valence-corrected chi connectivity index (χ3v) is 5.96. The van der Waals surface area contributed by atoms with E-state index in [4.69, 9.17) is 16.3 Å². The van der Waals surface area contributed by atoms with Gasteiger partial charge in [0, 0.05) is 11.3 Å². The maximum atomic E-state index is 13.8. The molecule has 0 saturated heterocycles. The fourth-order valence-corrected chi connectivity index (χ4v) is 3.95. The standard InChI is InChI=1S/C28H21ClF2N2O3/c1-16-15-22(32-28(35)33-27(34)24-20(30)12-8-13-21(24)31)17(2)25(29)26(16)36-23-14-7-6-11-19(23)18-9-4-3-5-10-18/h3-15H,1-2H3,(H2,32,33,34,35). The lowest BCUT2D eigenvalue weighted by atomic mass is 10.0. The number of urea groups is 1. The summed E-state index contributed by atoms with van der Waals surface area (Å²) in [4.78, 5) is 24.6. The van der Waals surface area contributed by atoms with Crippen LogP contribution in [0.2, 0.25) is 5.02 Å². The van der Waals surface area contributed by atoms with Crippen LogP contribution in [0.5, 0.6) is 11.5 Å². The van der Waals surface area contributed by atoms with E-state index in [1.165, 1.54) is 0 Å². The van der Waals surface area contributed by atoms with Crippen LogP contribution in [-0.4, -0.2) is 11.9 Å². The number of anilines is 1. The van der Waals surface area contributed by atoms with E-state index in [1.807, 2.05) is 59.9 Å². The molecule has 2 N–H and O–H groups in total. The summed E-state index contributed by atoms with van der Waals surface area (Å²) in [6, 6.07) is 20.9. The summed E-state index contributed by atoms with van der Waals surface area (Å²) in [7, 11) is 0. The normalized spacial score (nSPS) is 10.6. The molecule has 4 rings (SSSR count). The van der Waals surface area contributed by atoms with E-state index in [9.17, 15) is 18.4 Å². The molecule has 0 aliphatic carbocycles. The zero-order chi connectivity index (χ0) is 25.8. The number of halogens is 3. The number of para-hydroxylation sites is 1. The highest BCUT2D eigenvalue weighted by Gasteiger charge is 2.21. The SMILES string of the molecule is Cc1cc(NC(=O)NC(=O)c2c(F)cccc2F)c(C)c(Cl)c1Oc1ccccc1-c1ccccc1. The molecular weight excluding hydrogens is 486 g/mol. The van der Waals surface area contributed by atoms with Crippen molar-refractivity contribution in [1.82, 2.24) is 5.32 Å². The molecule has 4 aromatic carbocycles. The van der Waals surface area contributed by atoms with Gasteiger partial charge in [-0.2, -0.15) is 0 Å². The number of hydrogen-bond acceptors (Lipinski definition) is 3. The van der Waals surface area contributed by atoms with Crippen molar-refractivity contribution >= 4 is 29.2 Å². The number of amides is 3. The molecule has 0 bridgehead atoms. The van der Waals surface area contributed by atoms with Gasteiger partial charge in [0.25, 0.3) is 5.91 Å². The zero-order valence-corrected chi connectivity index (χ0v) is 20.1. The summed E-state index contributed by atoms with van der Waals surface area (Å²) >= 11 is 6.62. The lowest BCUT2D eigenvalue weighted by molar-refractivity contribution is 0.0959. The van der Waals surface area contributed by atoms with Crippen LogP contribution < -0.4 is 15.4 Å². The first kappa shape index (κ1) is 24.9. The van der Waals surface area contributed by atoms with E-state index in [2.05, 4.69) is 5.32 Å². The Hall–Kier alpha value is -4.23. The number of imide groups is 1. The molecule has 5 nitrogen and oxygen atoms in total. The quantitative estimate of drug-likeness (QED) is 0.292. The van der Waals surface area contributed by atoms with Crippen molar-refractivity contribution in [1.29, 1.82) is 0 Å². The molecule has 36 heavy (non-hydrogen) atoms. The summed E-state index contributed by atoms with van der Waals surface area (Å²) in [6.45, 7) is 3.43. The second-order valence-electron chi connectivity index (χ2n) is 7.98. The third-order valence-electron chi connectivity index (χ3n) is 5.50. The second-order valence-corrected chi connectivity index (χ2v) is 8.36. The Morgan fingerprint density at radius 3 is 2.19 bits per heavy atom. The van der Waals surface area contributed by atoms with Crippen molar-refractivity contribution in [3.63, 3.8) is 0 Å². The fraction of sp³-hybridized carbons (Fsp3) is 0.0714. The number of nitrogens with one attached hydrogen (secondary N) is 2. The topological polar surface area (TPSA) is 67.4 Å². The van der Waals surface area contributed by atoms with E-state index in [0.29, 0.717) is 28.3 Å². The highest BCUT2D eigenvalue weighted by Crippen LogP contribution is 2.41. The van der Waals surface area contributed by atoms with Gasteiger partial charge in [-0.15, -0.1) is 0 Å². The molecule has 0 aliphatic heterocycles. The van der Waals surface area contributed by atoms with Crippen LogP contribution in [-0.2, 0) is 0 Å². The highest BCUT2D eigenvalue weighted by molar-refractivity contribution is 6.33. The molecule has 4 aromatic rings. The van der Waals surface area contributed by atoms with Gasteiger partial charge in [0.15, 0.2) is 0 Å². The van der Waals surface area contributed by atoms with Gasteiger partial charge in [-0.25, -0.2) is 13.6 Å². The molecule has 0 heterocycles. The second kappa shape index (κ2) is 10.6. The first-order chi connectivity index (χ1) is 17.3. The molecule has 0 saturated carbocycles. The van der Waals surface area contributed by atoms with Crippen LogP contribution in [0.4, 0.5) is 19.3 Å². The number of benzene rings is 4. The van der Waals surface area contributed by atoms with Crippen LogP contribution in [0.1, 0.15) is 21.5 Å². The Kier molecular flexibility index (Phi) is 7.31. The number of carbonyl (C=O) groups excluding carboxylic acids is 2. The van der Waals surface area contributed by atoms with Crippen molar-refractivity contribution in [3.05, 3.63) is 112 Å². The molecule has 0 aliphatic rings. The van der Waals surface area contributed by atoms with E-state index in [1.54, 1.807) is 19.9 Å². The van der Waals surface area contributed by atoms with E-state index >= 15 is 0 Å². The summed E-state index contributed by atoms with van der Waals surface area (Å²) in [5.41, 5.74) is 2.42. The average molecular weight is 507 g/mol. The molecular formula is C28H21ClF2N2O3. The molecule has 0 aromatic heterocycles. The molecule has 0 spiro atoms. The zero-order valence-electron chi connectivity index (χ0n) is 19.4. The van der Waals surface area contributed by atoms with E-state index in [-0.39, 0.29) is 5.02 Å². The van der Waals surface area contributed by atoms with Gasteiger partial charge in [0.1, 0.15) is 28.7 Å². The lowest BCUT2D eigenvalue weighted by Crippen LogP contribution is -2.35.